The molecule has 1 nitrogen and oxygen atoms in total. The van der Waals surface area contributed by atoms with Gasteiger partial charge in [-0.25, -0.2) is 0 Å². The van der Waals surface area contributed by atoms with E-state index in [2.05, 4.69) is 50.5 Å². The quantitative estimate of drug-likeness (QED) is 0.674. The smallest absolute Gasteiger partial charge is 0.166 e. The van der Waals surface area contributed by atoms with E-state index in [0.717, 1.165) is 3.95 Å². The maximum Gasteiger partial charge on any atom is 0.166 e. The maximum absolute atomic E-state index is 5.42. The largest absolute Gasteiger partial charge is 0.296 e. The minimum atomic E-state index is 0.932. The molecule has 3 heteroatoms. The predicted molar refractivity (Wildman–Crippen MR) is 73.4 cm³/mol. The second-order valence-corrected chi connectivity index (χ2v) is 5.98. The highest BCUT2D eigenvalue weighted by Gasteiger charge is 2.08. The van der Waals surface area contributed by atoms with E-state index >= 15 is 0 Å². The van der Waals surface area contributed by atoms with E-state index in [-0.39, 0.29) is 0 Å². The van der Waals surface area contributed by atoms with Gasteiger partial charge in [-0.15, -0.1) is 11.3 Å². The van der Waals surface area contributed by atoms with Gasteiger partial charge < -0.3 is 0 Å². The molecular weight excluding hydrogens is 234 g/mol. The van der Waals surface area contributed by atoms with Crippen LogP contribution in [0.25, 0.3) is 5.69 Å². The molecule has 1 heterocycles. The lowest BCUT2D eigenvalue weighted by Gasteiger charge is -2.10. The van der Waals surface area contributed by atoms with Gasteiger partial charge >= 0.3 is 0 Å². The Morgan fingerprint density at radius 3 is 2.31 bits per heavy atom. The zero-order chi connectivity index (χ0) is 11.9. The fourth-order valence-corrected chi connectivity index (χ4v) is 3.32. The van der Waals surface area contributed by atoms with Crippen LogP contribution >= 0.6 is 23.6 Å². The van der Waals surface area contributed by atoms with Gasteiger partial charge in [-0.2, -0.15) is 0 Å². The Morgan fingerprint density at radius 2 is 1.81 bits per heavy atom. The first-order valence-electron chi connectivity index (χ1n) is 5.27. The van der Waals surface area contributed by atoms with Gasteiger partial charge in [-0.05, 0) is 51.5 Å². The molecule has 1 aromatic carbocycles. The molecule has 0 aliphatic rings. The zero-order valence-corrected chi connectivity index (χ0v) is 11.6. The summed E-state index contributed by atoms with van der Waals surface area (Å²) in [6.07, 6.45) is 0. The summed E-state index contributed by atoms with van der Waals surface area (Å²) in [5.41, 5.74) is 5.02. The van der Waals surface area contributed by atoms with Crippen molar-refractivity contribution >= 4 is 23.6 Å². The Hall–Kier alpha value is -0.930. The Bertz CT molecular complexity index is 590. The molecule has 2 aromatic rings. The summed E-state index contributed by atoms with van der Waals surface area (Å²) in [5, 5.41) is 0. The van der Waals surface area contributed by atoms with Gasteiger partial charge in [-0.1, -0.05) is 17.7 Å². The standard InChI is InChI=1S/C13H15NS2/c1-8-5-6-12(9(2)7-8)14-10(3)11(4)16-13(14)15/h5-7H,1-4H3. The van der Waals surface area contributed by atoms with E-state index in [9.17, 15) is 0 Å². The molecule has 0 spiro atoms. The summed E-state index contributed by atoms with van der Waals surface area (Å²) in [6.45, 7) is 8.50. The highest BCUT2D eigenvalue weighted by atomic mass is 32.1. The minimum Gasteiger partial charge on any atom is -0.296 e. The Labute approximate surface area is 105 Å². The molecule has 2 rings (SSSR count). The van der Waals surface area contributed by atoms with Gasteiger partial charge in [0.25, 0.3) is 0 Å². The summed E-state index contributed by atoms with van der Waals surface area (Å²) < 4.78 is 3.10. The fourth-order valence-electron chi connectivity index (χ4n) is 1.88. The molecule has 1 aromatic heterocycles. The molecule has 0 saturated heterocycles. The van der Waals surface area contributed by atoms with Crippen LogP contribution in [0.4, 0.5) is 0 Å². The lowest BCUT2D eigenvalue weighted by molar-refractivity contribution is 0.981. The van der Waals surface area contributed by atoms with Crippen LogP contribution in [0, 0.1) is 31.6 Å². The van der Waals surface area contributed by atoms with Crippen molar-refractivity contribution in [1.29, 1.82) is 0 Å². The molecule has 0 amide bonds. The summed E-state index contributed by atoms with van der Waals surface area (Å²) in [4.78, 5) is 1.30. The van der Waals surface area contributed by atoms with Gasteiger partial charge in [0.15, 0.2) is 3.95 Å². The molecule has 0 unspecified atom stereocenters. The summed E-state index contributed by atoms with van der Waals surface area (Å²) >= 11 is 7.10. The van der Waals surface area contributed by atoms with Crippen molar-refractivity contribution in [3.05, 3.63) is 43.9 Å². The number of hydrogen-bond donors (Lipinski definition) is 0. The third-order valence-corrected chi connectivity index (χ3v) is 4.25. The lowest BCUT2D eigenvalue weighted by atomic mass is 10.1. The molecule has 0 N–H and O–H groups in total. The Balaban J connectivity index is 2.72. The van der Waals surface area contributed by atoms with Crippen molar-refractivity contribution < 1.29 is 0 Å². The molecule has 84 valence electrons. The Morgan fingerprint density at radius 1 is 1.12 bits per heavy atom. The number of aromatic nitrogens is 1. The SMILES string of the molecule is Cc1ccc(-n2c(C)c(C)sc2=S)c(C)c1. The van der Waals surface area contributed by atoms with Gasteiger partial charge in [0.2, 0.25) is 0 Å². The van der Waals surface area contributed by atoms with Crippen molar-refractivity contribution in [1.82, 2.24) is 4.57 Å². The van der Waals surface area contributed by atoms with E-state index in [1.807, 2.05) is 0 Å². The topological polar surface area (TPSA) is 4.93 Å². The number of rotatable bonds is 1. The monoisotopic (exact) mass is 249 g/mol. The van der Waals surface area contributed by atoms with Crippen molar-refractivity contribution in [3.8, 4) is 5.69 Å². The molecule has 0 atom stereocenters. The summed E-state index contributed by atoms with van der Waals surface area (Å²) in [7, 11) is 0. The third-order valence-electron chi connectivity index (χ3n) is 2.86. The number of hydrogen-bond acceptors (Lipinski definition) is 2. The first kappa shape index (κ1) is 11.6. The molecular formula is C13H15NS2. The van der Waals surface area contributed by atoms with Crippen LogP contribution in [-0.2, 0) is 0 Å². The third kappa shape index (κ3) is 1.85. The van der Waals surface area contributed by atoms with Gasteiger partial charge in [0.05, 0.1) is 5.69 Å². The van der Waals surface area contributed by atoms with E-state index in [4.69, 9.17) is 12.2 Å². The van der Waals surface area contributed by atoms with Crippen molar-refractivity contribution in [2.24, 2.45) is 0 Å². The van der Waals surface area contributed by atoms with Crippen LogP contribution in [-0.4, -0.2) is 4.57 Å². The van der Waals surface area contributed by atoms with Crippen LogP contribution < -0.4 is 0 Å². The van der Waals surface area contributed by atoms with Crippen LogP contribution in [0.2, 0.25) is 0 Å². The molecule has 0 bridgehead atoms. The molecule has 0 saturated carbocycles. The first-order valence-corrected chi connectivity index (χ1v) is 6.50. The number of benzene rings is 1. The van der Waals surface area contributed by atoms with Crippen molar-refractivity contribution in [2.75, 3.05) is 0 Å². The van der Waals surface area contributed by atoms with Crippen LogP contribution in [0.3, 0.4) is 0 Å². The van der Waals surface area contributed by atoms with E-state index in [0.29, 0.717) is 0 Å². The number of thiazole rings is 1. The molecule has 0 aliphatic heterocycles. The second kappa shape index (κ2) is 4.15. The van der Waals surface area contributed by atoms with Gasteiger partial charge in [0.1, 0.15) is 0 Å². The van der Waals surface area contributed by atoms with Crippen LogP contribution in [0.1, 0.15) is 21.7 Å². The zero-order valence-electron chi connectivity index (χ0n) is 10.00. The van der Waals surface area contributed by atoms with Crippen molar-refractivity contribution in [3.63, 3.8) is 0 Å². The van der Waals surface area contributed by atoms with E-state index in [1.165, 1.54) is 27.4 Å². The average molecular weight is 249 g/mol. The minimum absolute atomic E-state index is 0.932. The summed E-state index contributed by atoms with van der Waals surface area (Å²) in [6, 6.07) is 6.49. The summed E-state index contributed by atoms with van der Waals surface area (Å²) in [5.74, 6) is 0. The molecule has 0 radical (unpaired) electrons. The fraction of sp³-hybridized carbons (Fsp3) is 0.308. The van der Waals surface area contributed by atoms with Crippen LogP contribution in [0.15, 0.2) is 18.2 Å². The lowest BCUT2D eigenvalue weighted by Crippen LogP contribution is -1.99. The Kier molecular flexibility index (Phi) is 3.00. The van der Waals surface area contributed by atoms with E-state index < -0.39 is 0 Å². The first-order chi connectivity index (χ1) is 7.50. The highest BCUT2D eigenvalue weighted by Crippen LogP contribution is 2.24. The molecule has 0 fully saturated rings. The van der Waals surface area contributed by atoms with Gasteiger partial charge in [0, 0.05) is 10.6 Å². The average Bonchev–Trinajstić information content (AvgIpc) is 2.43. The maximum atomic E-state index is 5.42. The number of nitrogens with zero attached hydrogens (tertiary/aromatic N) is 1. The molecule has 16 heavy (non-hydrogen) atoms. The van der Waals surface area contributed by atoms with Crippen molar-refractivity contribution in [2.45, 2.75) is 27.7 Å². The van der Waals surface area contributed by atoms with Gasteiger partial charge in [-0.3, -0.25) is 4.57 Å². The molecule has 0 aliphatic carbocycles. The highest BCUT2D eigenvalue weighted by molar-refractivity contribution is 7.73. The van der Waals surface area contributed by atoms with Crippen LogP contribution in [0.5, 0.6) is 0 Å². The predicted octanol–water partition coefficient (Wildman–Crippen LogP) is 4.50. The second-order valence-electron chi connectivity index (χ2n) is 4.13. The van der Waals surface area contributed by atoms with E-state index in [1.54, 1.807) is 11.3 Å². The number of aryl methyl sites for hydroxylation is 3. The normalized spacial score (nSPS) is 10.8.